The van der Waals surface area contributed by atoms with Crippen LogP contribution in [0, 0.1) is 6.92 Å². The van der Waals surface area contributed by atoms with Crippen LogP contribution in [0.5, 0.6) is 0 Å². The molecule has 7 heteroatoms. The number of alkyl halides is 2. The number of hydrogen-bond acceptors (Lipinski definition) is 4. The minimum Gasteiger partial charge on any atom is -0.369 e. The van der Waals surface area contributed by atoms with Crippen LogP contribution in [0.15, 0.2) is 29.8 Å². The van der Waals surface area contributed by atoms with E-state index >= 15 is 0 Å². The van der Waals surface area contributed by atoms with Gasteiger partial charge >= 0.3 is 0 Å². The fourth-order valence-electron chi connectivity index (χ4n) is 2.10. The van der Waals surface area contributed by atoms with Crippen LogP contribution in [0.1, 0.15) is 15.9 Å². The summed E-state index contributed by atoms with van der Waals surface area (Å²) in [6.45, 7) is 3.38. The molecule has 1 aromatic carbocycles. The van der Waals surface area contributed by atoms with Gasteiger partial charge in [-0.05, 0) is 24.6 Å². The molecule has 0 aliphatic heterocycles. The van der Waals surface area contributed by atoms with E-state index in [0.717, 1.165) is 11.3 Å². The molecule has 0 radical (unpaired) electrons. The molecule has 0 unspecified atom stereocenters. The minimum atomic E-state index is -0.173. The van der Waals surface area contributed by atoms with Gasteiger partial charge in [0.15, 0.2) is 5.13 Å². The molecule has 2 aromatic rings. The van der Waals surface area contributed by atoms with Gasteiger partial charge in [0.25, 0.3) is 5.91 Å². The molecule has 2 rings (SSSR count). The summed E-state index contributed by atoms with van der Waals surface area (Å²) in [5, 5.41) is 5.19. The van der Waals surface area contributed by atoms with Crippen LogP contribution in [-0.4, -0.2) is 35.7 Å². The normalized spacial score (nSPS) is 10.5. The second-order valence-corrected chi connectivity index (χ2v) is 6.31. The average Bonchev–Trinajstić information content (AvgIpc) is 3.00. The van der Waals surface area contributed by atoms with Crippen molar-refractivity contribution in [2.24, 2.45) is 0 Å². The van der Waals surface area contributed by atoms with Crippen LogP contribution in [-0.2, 0) is 0 Å². The number of carbonyl (C=O) groups excluding carboxylic acids is 1. The van der Waals surface area contributed by atoms with E-state index in [1.54, 1.807) is 12.3 Å². The fourth-order valence-corrected chi connectivity index (χ4v) is 3.03. The molecule has 0 atom stereocenters. The van der Waals surface area contributed by atoms with E-state index in [1.807, 2.05) is 24.4 Å². The molecule has 22 heavy (non-hydrogen) atoms. The van der Waals surface area contributed by atoms with Crippen LogP contribution in [0.4, 0.5) is 10.8 Å². The van der Waals surface area contributed by atoms with E-state index in [-0.39, 0.29) is 5.91 Å². The number of carbonyl (C=O) groups is 1. The maximum Gasteiger partial charge on any atom is 0.257 e. The molecule has 0 aliphatic carbocycles. The molecule has 0 spiro atoms. The van der Waals surface area contributed by atoms with E-state index in [0.29, 0.717) is 35.5 Å². The predicted molar refractivity (Wildman–Crippen MR) is 94.9 cm³/mol. The number of hydrogen-bond donors (Lipinski definition) is 1. The smallest absolute Gasteiger partial charge is 0.257 e. The van der Waals surface area contributed by atoms with E-state index < -0.39 is 0 Å². The molecule has 1 aromatic heterocycles. The Balaban J connectivity index is 2.22. The van der Waals surface area contributed by atoms with Gasteiger partial charge in [-0.3, -0.25) is 10.1 Å². The van der Waals surface area contributed by atoms with Crippen LogP contribution in [0.3, 0.4) is 0 Å². The Morgan fingerprint density at radius 2 is 2.05 bits per heavy atom. The molecule has 1 heterocycles. The van der Waals surface area contributed by atoms with E-state index in [1.165, 1.54) is 11.3 Å². The van der Waals surface area contributed by atoms with Gasteiger partial charge < -0.3 is 4.90 Å². The number of rotatable bonds is 7. The molecule has 118 valence electrons. The van der Waals surface area contributed by atoms with Crippen LogP contribution in [0.2, 0.25) is 0 Å². The fraction of sp³-hybridized carbons (Fsp3) is 0.333. The Kier molecular flexibility index (Phi) is 6.49. The quantitative estimate of drug-likeness (QED) is 0.762. The maximum absolute atomic E-state index is 12.3. The number of aromatic nitrogens is 1. The monoisotopic (exact) mass is 357 g/mol. The lowest BCUT2D eigenvalue weighted by Gasteiger charge is -2.25. The summed E-state index contributed by atoms with van der Waals surface area (Å²) in [5.41, 5.74) is 2.65. The summed E-state index contributed by atoms with van der Waals surface area (Å²) in [7, 11) is 0. The Hall–Kier alpha value is -1.30. The van der Waals surface area contributed by atoms with Gasteiger partial charge in [0.05, 0.1) is 0 Å². The summed E-state index contributed by atoms with van der Waals surface area (Å²) in [6, 6.07) is 5.61. The lowest BCUT2D eigenvalue weighted by molar-refractivity contribution is 0.102. The van der Waals surface area contributed by atoms with Crippen molar-refractivity contribution in [1.29, 1.82) is 0 Å². The van der Waals surface area contributed by atoms with Crippen molar-refractivity contribution in [1.82, 2.24) is 4.98 Å². The Morgan fingerprint density at radius 1 is 1.32 bits per heavy atom. The van der Waals surface area contributed by atoms with Crippen LogP contribution in [0.25, 0.3) is 0 Å². The lowest BCUT2D eigenvalue weighted by atomic mass is 10.1. The molecule has 0 saturated carbocycles. The number of nitrogens with zero attached hydrogens (tertiary/aromatic N) is 2. The van der Waals surface area contributed by atoms with Gasteiger partial charge in [0.2, 0.25) is 0 Å². The first-order chi connectivity index (χ1) is 10.7. The van der Waals surface area contributed by atoms with Gasteiger partial charge in [-0.1, -0.05) is 6.07 Å². The second kappa shape index (κ2) is 8.36. The molecule has 1 N–H and O–H groups in total. The van der Waals surface area contributed by atoms with Gasteiger partial charge in [0, 0.05) is 47.7 Å². The zero-order valence-electron chi connectivity index (χ0n) is 12.2. The first-order valence-corrected chi connectivity index (χ1v) is 8.79. The molecule has 0 aliphatic rings. The standard InChI is InChI=1S/C15H17Cl2N3OS/c1-11-2-3-12(14(21)19-15-18-6-9-22-15)10-13(11)20(7-4-16)8-5-17/h2-3,6,9-10H,4-5,7-8H2,1H3,(H,18,19,21). The Labute approximate surface area is 144 Å². The maximum atomic E-state index is 12.3. The zero-order valence-corrected chi connectivity index (χ0v) is 14.5. The predicted octanol–water partition coefficient (Wildman–Crippen LogP) is 3.99. The van der Waals surface area contributed by atoms with Crippen LogP contribution < -0.4 is 10.2 Å². The third-order valence-corrected chi connectivity index (χ3v) is 4.20. The van der Waals surface area contributed by atoms with Crippen molar-refractivity contribution in [2.75, 3.05) is 35.1 Å². The highest BCUT2D eigenvalue weighted by atomic mass is 35.5. The number of aryl methyl sites for hydroxylation is 1. The van der Waals surface area contributed by atoms with Crippen molar-refractivity contribution >= 4 is 51.3 Å². The van der Waals surface area contributed by atoms with Gasteiger partial charge in [-0.25, -0.2) is 4.98 Å². The average molecular weight is 358 g/mol. The largest absolute Gasteiger partial charge is 0.369 e. The van der Waals surface area contributed by atoms with Crippen molar-refractivity contribution < 1.29 is 4.79 Å². The zero-order chi connectivity index (χ0) is 15.9. The van der Waals surface area contributed by atoms with Gasteiger partial charge in [0.1, 0.15) is 0 Å². The lowest BCUT2D eigenvalue weighted by Crippen LogP contribution is -2.28. The molecule has 1 amide bonds. The number of benzene rings is 1. The molecular formula is C15H17Cl2N3OS. The molecule has 0 saturated heterocycles. The highest BCUT2D eigenvalue weighted by Crippen LogP contribution is 2.23. The number of amides is 1. The number of nitrogens with one attached hydrogen (secondary N) is 1. The summed E-state index contributed by atoms with van der Waals surface area (Å²) in [6.07, 6.45) is 1.66. The van der Waals surface area contributed by atoms with Crippen molar-refractivity contribution in [2.45, 2.75) is 6.92 Å². The van der Waals surface area contributed by atoms with Crippen molar-refractivity contribution in [3.63, 3.8) is 0 Å². The molecule has 0 fully saturated rings. The van der Waals surface area contributed by atoms with E-state index in [2.05, 4.69) is 15.2 Å². The van der Waals surface area contributed by atoms with Gasteiger partial charge in [-0.15, -0.1) is 34.5 Å². The molecule has 4 nitrogen and oxygen atoms in total. The van der Waals surface area contributed by atoms with Crippen molar-refractivity contribution in [3.8, 4) is 0 Å². The third-order valence-electron chi connectivity index (χ3n) is 3.17. The topological polar surface area (TPSA) is 45.2 Å². The van der Waals surface area contributed by atoms with Crippen LogP contribution >= 0.6 is 34.5 Å². The summed E-state index contributed by atoms with van der Waals surface area (Å²) in [4.78, 5) is 18.4. The first-order valence-electron chi connectivity index (χ1n) is 6.84. The number of anilines is 2. The highest BCUT2D eigenvalue weighted by molar-refractivity contribution is 7.13. The van der Waals surface area contributed by atoms with E-state index in [9.17, 15) is 4.79 Å². The second-order valence-electron chi connectivity index (χ2n) is 4.66. The number of thiazole rings is 1. The van der Waals surface area contributed by atoms with Crippen molar-refractivity contribution in [3.05, 3.63) is 40.9 Å². The summed E-state index contributed by atoms with van der Waals surface area (Å²) < 4.78 is 0. The SMILES string of the molecule is Cc1ccc(C(=O)Nc2nccs2)cc1N(CCCl)CCCl. The first kappa shape index (κ1) is 17.1. The highest BCUT2D eigenvalue weighted by Gasteiger charge is 2.13. The summed E-state index contributed by atoms with van der Waals surface area (Å²) in [5.74, 6) is 0.838. The molecule has 0 bridgehead atoms. The third kappa shape index (κ3) is 4.35. The number of halogens is 2. The van der Waals surface area contributed by atoms with E-state index in [4.69, 9.17) is 23.2 Å². The summed E-state index contributed by atoms with van der Waals surface area (Å²) >= 11 is 13.1. The minimum absolute atomic E-state index is 0.173. The van der Waals surface area contributed by atoms with Gasteiger partial charge in [-0.2, -0.15) is 0 Å². The Bertz CT molecular complexity index is 613. The Morgan fingerprint density at radius 3 is 2.64 bits per heavy atom. The molecular weight excluding hydrogens is 341 g/mol.